The van der Waals surface area contributed by atoms with Crippen LogP contribution >= 0.6 is 0 Å². The minimum Gasteiger partial charge on any atom is -0.352 e. The van der Waals surface area contributed by atoms with Gasteiger partial charge in [0.25, 0.3) is 0 Å². The van der Waals surface area contributed by atoms with Gasteiger partial charge in [0, 0.05) is 30.1 Å². The van der Waals surface area contributed by atoms with Crippen LogP contribution in [0.3, 0.4) is 0 Å². The van der Waals surface area contributed by atoms with E-state index in [4.69, 9.17) is 0 Å². The predicted octanol–water partition coefficient (Wildman–Crippen LogP) is 4.36. The highest BCUT2D eigenvalue weighted by Crippen LogP contribution is 2.25. The summed E-state index contributed by atoms with van der Waals surface area (Å²) in [5.41, 5.74) is 2.93. The summed E-state index contributed by atoms with van der Waals surface area (Å²) in [6, 6.07) is 15.5. The molecule has 130 valence electrons. The molecule has 0 saturated heterocycles. The first kappa shape index (κ1) is 17.4. The van der Waals surface area contributed by atoms with E-state index in [2.05, 4.69) is 45.5 Å². The molecule has 0 aliphatic rings. The number of nitriles is 1. The molecule has 6 nitrogen and oxygen atoms in total. The zero-order valence-electron chi connectivity index (χ0n) is 14.8. The molecule has 1 aromatic carbocycles. The molecule has 26 heavy (non-hydrogen) atoms. The molecule has 0 aliphatic carbocycles. The van der Waals surface area contributed by atoms with Gasteiger partial charge in [-0.1, -0.05) is 19.1 Å². The van der Waals surface area contributed by atoms with Crippen LogP contribution in [-0.4, -0.2) is 21.0 Å². The summed E-state index contributed by atoms with van der Waals surface area (Å²) in [6.45, 7) is 4.18. The zero-order chi connectivity index (χ0) is 18.4. The molecule has 0 saturated carbocycles. The van der Waals surface area contributed by atoms with Crippen LogP contribution in [0.25, 0.3) is 11.3 Å². The summed E-state index contributed by atoms with van der Waals surface area (Å²) in [7, 11) is 0. The third-order valence-corrected chi connectivity index (χ3v) is 3.98. The largest absolute Gasteiger partial charge is 0.352 e. The van der Waals surface area contributed by atoms with Crippen molar-refractivity contribution in [3.63, 3.8) is 0 Å². The fraction of sp³-hybridized carbons (Fsp3) is 0.200. The first-order valence-electron chi connectivity index (χ1n) is 8.51. The fourth-order valence-electron chi connectivity index (χ4n) is 2.39. The van der Waals surface area contributed by atoms with Gasteiger partial charge in [-0.05, 0) is 37.6 Å². The van der Waals surface area contributed by atoms with E-state index in [1.165, 1.54) is 0 Å². The fourth-order valence-corrected chi connectivity index (χ4v) is 2.39. The minimum atomic E-state index is 0.249. The van der Waals surface area contributed by atoms with Crippen molar-refractivity contribution in [2.24, 2.45) is 0 Å². The highest BCUT2D eigenvalue weighted by Gasteiger charge is 2.10. The Labute approximate surface area is 153 Å². The van der Waals surface area contributed by atoms with Gasteiger partial charge in [0.1, 0.15) is 11.9 Å². The number of hydrogen-bond acceptors (Lipinski definition) is 6. The summed E-state index contributed by atoms with van der Waals surface area (Å²) >= 11 is 0. The maximum absolute atomic E-state index is 9.29. The molecule has 0 amide bonds. The average molecular weight is 344 g/mol. The van der Waals surface area contributed by atoms with Gasteiger partial charge in [-0.25, -0.2) is 4.98 Å². The van der Waals surface area contributed by atoms with Crippen molar-refractivity contribution in [3.05, 3.63) is 60.4 Å². The number of aromatic nitrogens is 3. The van der Waals surface area contributed by atoms with E-state index >= 15 is 0 Å². The molecule has 0 spiro atoms. The van der Waals surface area contributed by atoms with Crippen LogP contribution in [0.15, 0.2) is 54.9 Å². The van der Waals surface area contributed by atoms with Gasteiger partial charge >= 0.3 is 0 Å². The second kappa shape index (κ2) is 8.08. The normalized spacial score (nSPS) is 11.4. The van der Waals surface area contributed by atoms with Crippen LogP contribution in [0.2, 0.25) is 0 Å². The third kappa shape index (κ3) is 4.14. The maximum Gasteiger partial charge on any atom is 0.225 e. The Hall–Kier alpha value is -3.46. The molecule has 0 fully saturated rings. The highest BCUT2D eigenvalue weighted by molar-refractivity contribution is 5.69. The van der Waals surface area contributed by atoms with Crippen molar-refractivity contribution in [2.45, 2.75) is 26.3 Å². The molecule has 6 heteroatoms. The van der Waals surface area contributed by atoms with Crippen LogP contribution in [0.5, 0.6) is 0 Å². The summed E-state index contributed by atoms with van der Waals surface area (Å²) in [4.78, 5) is 13.3. The smallest absolute Gasteiger partial charge is 0.225 e. The molecule has 3 aromatic rings. The van der Waals surface area contributed by atoms with E-state index in [0.717, 1.165) is 17.7 Å². The summed E-state index contributed by atoms with van der Waals surface area (Å²) in [5.74, 6) is 1.16. The van der Waals surface area contributed by atoms with Gasteiger partial charge in [-0.3, -0.25) is 4.98 Å². The van der Waals surface area contributed by atoms with Crippen molar-refractivity contribution in [1.29, 1.82) is 5.26 Å². The van der Waals surface area contributed by atoms with E-state index in [0.29, 0.717) is 23.0 Å². The number of para-hydroxylation sites is 1. The van der Waals surface area contributed by atoms with Crippen molar-refractivity contribution < 1.29 is 0 Å². The van der Waals surface area contributed by atoms with Crippen LogP contribution in [0.4, 0.5) is 17.5 Å². The van der Waals surface area contributed by atoms with Crippen molar-refractivity contribution >= 4 is 17.5 Å². The van der Waals surface area contributed by atoms with Gasteiger partial charge in [0.15, 0.2) is 0 Å². The van der Waals surface area contributed by atoms with Crippen LogP contribution < -0.4 is 10.6 Å². The molecular weight excluding hydrogens is 324 g/mol. The number of rotatable bonds is 6. The molecule has 0 bridgehead atoms. The van der Waals surface area contributed by atoms with Gasteiger partial charge < -0.3 is 10.6 Å². The molecule has 2 aromatic heterocycles. The Morgan fingerprint density at radius 2 is 2.00 bits per heavy atom. The molecule has 0 radical (unpaired) electrons. The van der Waals surface area contributed by atoms with Crippen molar-refractivity contribution in [3.8, 4) is 17.3 Å². The number of pyridine rings is 1. The quantitative estimate of drug-likeness (QED) is 0.691. The van der Waals surface area contributed by atoms with Crippen molar-refractivity contribution in [2.75, 3.05) is 10.6 Å². The molecule has 0 aliphatic heterocycles. The minimum absolute atomic E-state index is 0.249. The molecule has 0 unspecified atom stereocenters. The summed E-state index contributed by atoms with van der Waals surface area (Å²) in [6.07, 6.45) is 4.45. The van der Waals surface area contributed by atoms with E-state index in [-0.39, 0.29) is 6.04 Å². The van der Waals surface area contributed by atoms with Gasteiger partial charge in [-0.15, -0.1) is 0 Å². The number of nitrogens with one attached hydrogen (secondary N) is 2. The third-order valence-electron chi connectivity index (χ3n) is 3.98. The first-order valence-corrected chi connectivity index (χ1v) is 8.51. The molecule has 1 atom stereocenters. The van der Waals surface area contributed by atoms with E-state index < -0.39 is 0 Å². The predicted molar refractivity (Wildman–Crippen MR) is 103 cm³/mol. The standard InChI is InChI=1S/C20H20N6/c1-3-14(2)23-20-25-18(16-8-6-10-22-13-16)11-19(26-20)24-17-9-5-4-7-15(17)12-21/h4-11,13-14H,3H2,1-2H3,(H2,23,24,25,26)/t14-/m1/s1. The molecule has 2 heterocycles. The Kier molecular flexibility index (Phi) is 5.40. The molecule has 3 rings (SSSR count). The Balaban J connectivity index is 2.01. The number of nitrogens with zero attached hydrogens (tertiary/aromatic N) is 4. The van der Waals surface area contributed by atoms with E-state index in [1.54, 1.807) is 18.5 Å². The topological polar surface area (TPSA) is 86.5 Å². The molecule has 2 N–H and O–H groups in total. The van der Waals surface area contributed by atoms with Crippen LogP contribution in [0, 0.1) is 11.3 Å². The lowest BCUT2D eigenvalue weighted by Crippen LogP contribution is -2.16. The maximum atomic E-state index is 9.29. The van der Waals surface area contributed by atoms with E-state index in [1.807, 2.05) is 36.4 Å². The number of benzene rings is 1. The molecular formula is C20H20N6. The van der Waals surface area contributed by atoms with Crippen molar-refractivity contribution in [1.82, 2.24) is 15.0 Å². The van der Waals surface area contributed by atoms with Gasteiger partial charge in [-0.2, -0.15) is 10.2 Å². The number of hydrogen-bond donors (Lipinski definition) is 2. The lowest BCUT2D eigenvalue weighted by Gasteiger charge is -2.15. The summed E-state index contributed by atoms with van der Waals surface area (Å²) in [5, 5.41) is 15.8. The highest BCUT2D eigenvalue weighted by atomic mass is 15.2. The van der Waals surface area contributed by atoms with Crippen LogP contribution in [-0.2, 0) is 0 Å². The van der Waals surface area contributed by atoms with Gasteiger partial charge in [0.2, 0.25) is 5.95 Å². The van der Waals surface area contributed by atoms with Gasteiger partial charge in [0.05, 0.1) is 16.9 Å². The lowest BCUT2D eigenvalue weighted by atomic mass is 10.2. The second-order valence-electron chi connectivity index (χ2n) is 5.94. The first-order chi connectivity index (χ1) is 12.7. The number of anilines is 3. The SMILES string of the molecule is CC[C@@H](C)Nc1nc(Nc2ccccc2C#N)cc(-c2cccnc2)n1. The summed E-state index contributed by atoms with van der Waals surface area (Å²) < 4.78 is 0. The lowest BCUT2D eigenvalue weighted by molar-refractivity contribution is 0.753. The van der Waals surface area contributed by atoms with E-state index in [9.17, 15) is 5.26 Å². The monoisotopic (exact) mass is 344 g/mol. The zero-order valence-corrected chi connectivity index (χ0v) is 14.8. The van der Waals surface area contributed by atoms with Crippen LogP contribution in [0.1, 0.15) is 25.8 Å². The average Bonchev–Trinajstić information content (AvgIpc) is 2.69. The Bertz CT molecular complexity index is 917. The second-order valence-corrected chi connectivity index (χ2v) is 5.94. The Morgan fingerprint density at radius 1 is 1.15 bits per heavy atom. The Morgan fingerprint density at radius 3 is 2.73 bits per heavy atom.